The zero-order valence-electron chi connectivity index (χ0n) is 12.6. The van der Waals surface area contributed by atoms with Crippen molar-refractivity contribution in [2.75, 3.05) is 13.1 Å². The summed E-state index contributed by atoms with van der Waals surface area (Å²) in [5, 5.41) is 8.80. The van der Waals surface area contributed by atoms with Crippen molar-refractivity contribution in [3.05, 3.63) is 45.7 Å². The molecule has 0 aliphatic carbocycles. The lowest BCUT2D eigenvalue weighted by Gasteiger charge is -2.07. The van der Waals surface area contributed by atoms with Gasteiger partial charge in [0.15, 0.2) is 0 Å². The van der Waals surface area contributed by atoms with Gasteiger partial charge in [0.1, 0.15) is 0 Å². The third-order valence-corrected chi connectivity index (χ3v) is 4.05. The van der Waals surface area contributed by atoms with Gasteiger partial charge in [-0.1, -0.05) is 24.6 Å². The van der Waals surface area contributed by atoms with Gasteiger partial charge in [0.05, 0.1) is 11.4 Å². The minimum atomic E-state index is 0.782. The van der Waals surface area contributed by atoms with Gasteiger partial charge >= 0.3 is 0 Å². The second kappa shape index (κ2) is 6.42. The van der Waals surface area contributed by atoms with Crippen LogP contribution in [0.25, 0.3) is 5.69 Å². The molecule has 1 N–H and O–H groups in total. The predicted molar refractivity (Wildman–Crippen MR) is 85.0 cm³/mol. The Morgan fingerprint density at radius 1 is 1.25 bits per heavy atom. The van der Waals surface area contributed by atoms with Crippen molar-refractivity contribution in [3.63, 3.8) is 0 Å². The summed E-state index contributed by atoms with van der Waals surface area (Å²) in [5.41, 5.74) is 5.72. The number of nitrogens with one attached hydrogen (secondary N) is 1. The summed E-state index contributed by atoms with van der Waals surface area (Å²) in [6.45, 7) is 10.3. The Morgan fingerprint density at radius 3 is 2.65 bits per heavy atom. The minimum absolute atomic E-state index is 0.782. The minimum Gasteiger partial charge on any atom is -0.317 e. The fourth-order valence-corrected chi connectivity index (χ4v) is 2.57. The molecule has 0 aliphatic rings. The molecule has 0 amide bonds. The van der Waals surface area contributed by atoms with E-state index in [0.717, 1.165) is 41.5 Å². The highest BCUT2D eigenvalue weighted by Crippen LogP contribution is 2.22. The van der Waals surface area contributed by atoms with Gasteiger partial charge < -0.3 is 5.32 Å². The summed E-state index contributed by atoms with van der Waals surface area (Å²) in [6.07, 6.45) is 1.01. The van der Waals surface area contributed by atoms with Crippen molar-refractivity contribution in [1.82, 2.24) is 15.1 Å². The molecule has 0 saturated heterocycles. The topological polar surface area (TPSA) is 29.9 Å². The van der Waals surface area contributed by atoms with E-state index >= 15 is 0 Å². The summed E-state index contributed by atoms with van der Waals surface area (Å²) >= 11 is 6.21. The first-order valence-corrected chi connectivity index (χ1v) is 7.44. The summed E-state index contributed by atoms with van der Waals surface area (Å²) in [4.78, 5) is 0. The number of benzene rings is 1. The first-order valence-electron chi connectivity index (χ1n) is 7.07. The van der Waals surface area contributed by atoms with Crippen LogP contribution in [0.2, 0.25) is 5.02 Å². The highest BCUT2D eigenvalue weighted by molar-refractivity contribution is 6.31. The van der Waals surface area contributed by atoms with Crippen molar-refractivity contribution in [2.45, 2.75) is 34.1 Å². The van der Waals surface area contributed by atoms with E-state index in [-0.39, 0.29) is 0 Å². The Morgan fingerprint density at radius 2 is 2.00 bits per heavy atom. The van der Waals surface area contributed by atoms with Crippen LogP contribution in [0, 0.1) is 20.8 Å². The van der Waals surface area contributed by atoms with Crippen LogP contribution in [-0.2, 0) is 6.42 Å². The number of rotatable bonds is 5. The van der Waals surface area contributed by atoms with Crippen LogP contribution in [0.1, 0.15) is 29.4 Å². The van der Waals surface area contributed by atoms with Crippen LogP contribution >= 0.6 is 11.6 Å². The third kappa shape index (κ3) is 3.05. The van der Waals surface area contributed by atoms with Gasteiger partial charge in [0, 0.05) is 10.7 Å². The zero-order valence-corrected chi connectivity index (χ0v) is 13.4. The number of hydrogen-bond acceptors (Lipinski definition) is 2. The highest BCUT2D eigenvalue weighted by atomic mass is 35.5. The number of halogens is 1. The Hall–Kier alpha value is -1.32. The summed E-state index contributed by atoms with van der Waals surface area (Å²) < 4.78 is 1.99. The van der Waals surface area contributed by atoms with E-state index in [1.54, 1.807) is 0 Å². The van der Waals surface area contributed by atoms with Crippen molar-refractivity contribution in [1.29, 1.82) is 0 Å². The monoisotopic (exact) mass is 291 g/mol. The number of aryl methyl sites for hydroxylation is 2. The van der Waals surface area contributed by atoms with Crippen LogP contribution in [0.5, 0.6) is 0 Å². The maximum Gasteiger partial charge on any atom is 0.0663 e. The Bertz CT molecular complexity index is 602. The molecule has 0 radical (unpaired) electrons. The van der Waals surface area contributed by atoms with Crippen LogP contribution in [-0.4, -0.2) is 22.9 Å². The van der Waals surface area contributed by atoms with E-state index < -0.39 is 0 Å². The molecule has 0 saturated carbocycles. The maximum atomic E-state index is 6.21. The molecule has 20 heavy (non-hydrogen) atoms. The van der Waals surface area contributed by atoms with Crippen molar-refractivity contribution >= 4 is 11.6 Å². The zero-order chi connectivity index (χ0) is 14.7. The molecule has 0 fully saturated rings. The second-order valence-electron chi connectivity index (χ2n) is 5.10. The number of likely N-dealkylation sites (N-methyl/N-ethyl adjacent to an activating group) is 1. The lowest BCUT2D eigenvalue weighted by atomic mass is 10.1. The molecule has 0 spiro atoms. The molecule has 1 heterocycles. The van der Waals surface area contributed by atoms with Crippen molar-refractivity contribution in [2.24, 2.45) is 0 Å². The summed E-state index contributed by atoms with van der Waals surface area (Å²) in [7, 11) is 0. The average Bonchev–Trinajstić information content (AvgIpc) is 2.70. The lowest BCUT2D eigenvalue weighted by molar-refractivity contribution is 0.713. The molecule has 3 nitrogen and oxygen atoms in total. The molecular formula is C16H22ClN3. The van der Waals surface area contributed by atoms with Gasteiger partial charge in [-0.3, -0.25) is 0 Å². The molecule has 0 unspecified atom stereocenters. The number of aromatic nitrogens is 2. The quantitative estimate of drug-likeness (QED) is 0.853. The van der Waals surface area contributed by atoms with Crippen LogP contribution in [0.4, 0.5) is 0 Å². The normalized spacial score (nSPS) is 11.1. The average molecular weight is 292 g/mol. The van der Waals surface area contributed by atoms with Crippen molar-refractivity contribution in [3.8, 4) is 5.69 Å². The van der Waals surface area contributed by atoms with E-state index in [4.69, 9.17) is 11.6 Å². The number of nitrogens with zero attached hydrogens (tertiary/aromatic N) is 2. The highest BCUT2D eigenvalue weighted by Gasteiger charge is 2.12. The molecule has 4 heteroatoms. The second-order valence-corrected chi connectivity index (χ2v) is 5.51. The molecule has 1 aromatic heterocycles. The van der Waals surface area contributed by atoms with Gasteiger partial charge in [0.25, 0.3) is 0 Å². The third-order valence-electron chi connectivity index (χ3n) is 3.64. The Balaban J connectivity index is 2.33. The summed E-state index contributed by atoms with van der Waals surface area (Å²) in [6, 6.07) is 6.07. The number of hydrogen-bond donors (Lipinski definition) is 1. The van der Waals surface area contributed by atoms with E-state index in [0.29, 0.717) is 0 Å². The maximum absolute atomic E-state index is 6.21. The van der Waals surface area contributed by atoms with E-state index in [1.807, 2.05) is 23.7 Å². The fraction of sp³-hybridized carbons (Fsp3) is 0.438. The smallest absolute Gasteiger partial charge is 0.0663 e. The first-order chi connectivity index (χ1) is 9.54. The summed E-state index contributed by atoms with van der Waals surface area (Å²) in [5.74, 6) is 0. The van der Waals surface area contributed by atoms with E-state index in [1.165, 1.54) is 11.3 Å². The van der Waals surface area contributed by atoms with E-state index in [2.05, 4.69) is 37.3 Å². The van der Waals surface area contributed by atoms with Crippen LogP contribution < -0.4 is 5.32 Å². The van der Waals surface area contributed by atoms with Gasteiger partial charge in [-0.05, 0) is 63.5 Å². The molecule has 2 aromatic rings. The van der Waals surface area contributed by atoms with Gasteiger partial charge in [-0.25, -0.2) is 4.68 Å². The molecular weight excluding hydrogens is 270 g/mol. The SMILES string of the molecule is CCNCCc1c(C)nn(-c2ccc(C)c(Cl)c2)c1C. The van der Waals surface area contributed by atoms with Crippen molar-refractivity contribution < 1.29 is 0 Å². The van der Waals surface area contributed by atoms with Crippen LogP contribution in [0.3, 0.4) is 0 Å². The fourth-order valence-electron chi connectivity index (χ4n) is 2.39. The van der Waals surface area contributed by atoms with Crippen LogP contribution in [0.15, 0.2) is 18.2 Å². The molecule has 108 valence electrons. The van der Waals surface area contributed by atoms with Gasteiger partial charge in [-0.15, -0.1) is 0 Å². The van der Waals surface area contributed by atoms with E-state index in [9.17, 15) is 0 Å². The lowest BCUT2D eigenvalue weighted by Crippen LogP contribution is -2.16. The Labute approximate surface area is 126 Å². The molecule has 0 atom stereocenters. The van der Waals surface area contributed by atoms with Gasteiger partial charge in [0.2, 0.25) is 0 Å². The standard InChI is InChI=1S/C16H22ClN3/c1-5-18-9-8-15-12(3)19-20(13(15)4)14-7-6-11(2)16(17)10-14/h6-7,10,18H,5,8-9H2,1-4H3. The molecule has 2 rings (SSSR count). The Kier molecular flexibility index (Phi) is 4.84. The largest absolute Gasteiger partial charge is 0.317 e. The predicted octanol–water partition coefficient (Wildman–Crippen LogP) is 3.60. The molecule has 1 aromatic carbocycles. The first kappa shape index (κ1) is 15.1. The molecule has 0 aliphatic heterocycles. The van der Waals surface area contributed by atoms with Gasteiger partial charge in [-0.2, -0.15) is 5.10 Å². The molecule has 0 bridgehead atoms.